The predicted octanol–water partition coefficient (Wildman–Crippen LogP) is 2.56. The summed E-state index contributed by atoms with van der Waals surface area (Å²) in [4.78, 5) is 14.0. The Morgan fingerprint density at radius 1 is 1.35 bits per heavy atom. The molecule has 0 radical (unpaired) electrons. The van der Waals surface area contributed by atoms with E-state index in [4.69, 9.17) is 9.47 Å². The highest BCUT2D eigenvalue weighted by Crippen LogP contribution is 2.44. The summed E-state index contributed by atoms with van der Waals surface area (Å²) in [7, 11) is 1.50. The zero-order valence-corrected chi connectivity index (χ0v) is 14.3. The van der Waals surface area contributed by atoms with E-state index in [0.717, 1.165) is 43.0 Å². The number of piperidine rings is 1. The molecule has 1 saturated carbocycles. The van der Waals surface area contributed by atoms with Gasteiger partial charge in [0, 0.05) is 25.4 Å². The van der Waals surface area contributed by atoms with Gasteiger partial charge in [-0.15, -0.1) is 12.4 Å². The van der Waals surface area contributed by atoms with Crippen LogP contribution in [0.3, 0.4) is 0 Å². The fourth-order valence-corrected chi connectivity index (χ4v) is 3.18. The maximum atomic E-state index is 11.4. The summed E-state index contributed by atoms with van der Waals surface area (Å²) in [5.74, 6) is 1.69. The highest BCUT2D eigenvalue weighted by atomic mass is 35.5. The number of amides is 1. The third kappa shape index (κ3) is 5.09. The van der Waals surface area contributed by atoms with Crippen molar-refractivity contribution in [2.45, 2.75) is 25.3 Å². The summed E-state index contributed by atoms with van der Waals surface area (Å²) in [6.07, 6.45) is 3.87. The van der Waals surface area contributed by atoms with Crippen LogP contribution in [0.5, 0.6) is 5.75 Å². The van der Waals surface area contributed by atoms with Crippen LogP contribution >= 0.6 is 12.4 Å². The highest BCUT2D eigenvalue weighted by molar-refractivity contribution is 5.91. The van der Waals surface area contributed by atoms with Crippen LogP contribution in [0.4, 0.5) is 5.69 Å². The molecule has 23 heavy (non-hydrogen) atoms. The van der Waals surface area contributed by atoms with Crippen LogP contribution in [0, 0.1) is 5.92 Å². The molecule has 128 valence electrons. The Labute approximate surface area is 143 Å². The number of carbonyl (C=O) groups is 1. The van der Waals surface area contributed by atoms with Crippen LogP contribution < -0.4 is 10.1 Å². The van der Waals surface area contributed by atoms with Crippen molar-refractivity contribution in [1.82, 2.24) is 4.90 Å². The molecular formula is C17H25ClN2O3. The fourth-order valence-electron chi connectivity index (χ4n) is 3.18. The molecular weight excluding hydrogens is 316 g/mol. The molecule has 3 rings (SSSR count). The first kappa shape index (κ1) is 18.0. The Balaban J connectivity index is 0.00000192. The van der Waals surface area contributed by atoms with Crippen molar-refractivity contribution in [3.8, 4) is 5.75 Å². The van der Waals surface area contributed by atoms with Gasteiger partial charge in [0.15, 0.2) is 0 Å². The van der Waals surface area contributed by atoms with Gasteiger partial charge in [0.1, 0.15) is 12.4 Å². The Bertz CT molecular complexity index is 509. The molecule has 2 fully saturated rings. The molecule has 0 aromatic heterocycles. The van der Waals surface area contributed by atoms with Crippen molar-refractivity contribution in [2.75, 3.05) is 38.7 Å². The average molecular weight is 341 g/mol. The third-order valence-electron chi connectivity index (χ3n) is 4.41. The molecule has 2 unspecified atom stereocenters. The van der Waals surface area contributed by atoms with Gasteiger partial charge in [-0.1, -0.05) is 0 Å². The summed E-state index contributed by atoms with van der Waals surface area (Å²) in [5, 5.41) is 2.76. The Kier molecular flexibility index (Phi) is 6.69. The first-order valence-corrected chi connectivity index (χ1v) is 8.02. The van der Waals surface area contributed by atoms with Gasteiger partial charge >= 0.3 is 0 Å². The summed E-state index contributed by atoms with van der Waals surface area (Å²) in [5.41, 5.74) is 0.756. The van der Waals surface area contributed by atoms with E-state index in [-0.39, 0.29) is 24.9 Å². The SMILES string of the molecule is COCC(=O)Nc1ccc(OCCCN2CCC3CC32)cc1.Cl. The van der Waals surface area contributed by atoms with Crippen molar-refractivity contribution in [1.29, 1.82) is 0 Å². The van der Waals surface area contributed by atoms with E-state index in [1.165, 1.54) is 26.5 Å². The summed E-state index contributed by atoms with van der Waals surface area (Å²) in [6, 6.07) is 8.34. The van der Waals surface area contributed by atoms with Gasteiger partial charge in [0.2, 0.25) is 5.91 Å². The number of ether oxygens (including phenoxy) is 2. The normalized spacial score (nSPS) is 22.1. The lowest BCUT2D eigenvalue weighted by Crippen LogP contribution is -2.25. The molecule has 1 saturated heterocycles. The van der Waals surface area contributed by atoms with Gasteiger partial charge in [-0.2, -0.15) is 0 Å². The van der Waals surface area contributed by atoms with Crippen LogP contribution in [0.25, 0.3) is 0 Å². The molecule has 2 atom stereocenters. The highest BCUT2D eigenvalue weighted by Gasteiger charge is 2.46. The number of nitrogens with zero attached hydrogens (tertiary/aromatic N) is 1. The maximum Gasteiger partial charge on any atom is 0.250 e. The molecule has 0 spiro atoms. The lowest BCUT2D eigenvalue weighted by atomic mass is 10.3. The molecule has 5 nitrogen and oxygen atoms in total. The number of fused-ring (bicyclic) bond motifs is 1. The number of hydrogen-bond acceptors (Lipinski definition) is 4. The topological polar surface area (TPSA) is 50.8 Å². The van der Waals surface area contributed by atoms with Crippen LogP contribution in [0.15, 0.2) is 24.3 Å². The number of likely N-dealkylation sites (tertiary alicyclic amines) is 1. The van der Waals surface area contributed by atoms with Crippen LogP contribution in [-0.2, 0) is 9.53 Å². The molecule has 1 aliphatic carbocycles. The maximum absolute atomic E-state index is 11.4. The molecule has 2 aliphatic rings. The van der Waals surface area contributed by atoms with E-state index in [1.54, 1.807) is 0 Å². The number of hydrogen-bond donors (Lipinski definition) is 1. The molecule has 1 amide bonds. The molecule has 1 aromatic carbocycles. The second-order valence-electron chi connectivity index (χ2n) is 6.10. The Morgan fingerprint density at radius 3 is 2.74 bits per heavy atom. The number of anilines is 1. The third-order valence-corrected chi connectivity index (χ3v) is 4.41. The number of benzene rings is 1. The van der Waals surface area contributed by atoms with E-state index in [9.17, 15) is 4.79 Å². The van der Waals surface area contributed by atoms with Crippen LogP contribution in [-0.4, -0.2) is 50.3 Å². The Hall–Kier alpha value is -1.30. The number of methoxy groups -OCH3 is 1. The summed E-state index contributed by atoms with van der Waals surface area (Å²) in [6.45, 7) is 3.22. The standard InChI is InChI=1S/C17H24N2O3.ClH/c1-21-12-17(20)18-14-3-5-15(6-4-14)22-10-2-8-19-9-7-13-11-16(13)19;/h3-6,13,16H,2,7-12H2,1H3,(H,18,20);1H. The first-order valence-electron chi connectivity index (χ1n) is 8.02. The smallest absolute Gasteiger partial charge is 0.250 e. The van der Waals surface area contributed by atoms with Crippen molar-refractivity contribution in [2.24, 2.45) is 5.92 Å². The van der Waals surface area contributed by atoms with Crippen molar-refractivity contribution in [3.05, 3.63) is 24.3 Å². The number of halogens is 1. The minimum Gasteiger partial charge on any atom is -0.494 e. The summed E-state index contributed by atoms with van der Waals surface area (Å²) >= 11 is 0. The van der Waals surface area contributed by atoms with Crippen molar-refractivity contribution >= 4 is 24.0 Å². The molecule has 1 aromatic rings. The number of nitrogens with one attached hydrogen (secondary N) is 1. The second kappa shape index (κ2) is 8.52. The molecule has 6 heteroatoms. The fraction of sp³-hybridized carbons (Fsp3) is 0.588. The Morgan fingerprint density at radius 2 is 2.13 bits per heavy atom. The molecule has 1 aliphatic heterocycles. The molecule has 1 N–H and O–H groups in total. The lowest BCUT2D eigenvalue weighted by molar-refractivity contribution is -0.119. The second-order valence-corrected chi connectivity index (χ2v) is 6.10. The van der Waals surface area contributed by atoms with Gasteiger partial charge in [0.05, 0.1) is 6.61 Å². The van der Waals surface area contributed by atoms with Crippen molar-refractivity contribution < 1.29 is 14.3 Å². The minimum atomic E-state index is -0.153. The van der Waals surface area contributed by atoms with Gasteiger partial charge in [-0.25, -0.2) is 0 Å². The molecule has 1 heterocycles. The van der Waals surface area contributed by atoms with Gasteiger partial charge in [-0.3, -0.25) is 9.69 Å². The quantitative estimate of drug-likeness (QED) is 0.739. The van der Waals surface area contributed by atoms with Crippen LogP contribution in [0.2, 0.25) is 0 Å². The largest absolute Gasteiger partial charge is 0.494 e. The summed E-state index contributed by atoms with van der Waals surface area (Å²) < 4.78 is 10.5. The first-order chi connectivity index (χ1) is 10.8. The zero-order valence-electron chi connectivity index (χ0n) is 13.5. The minimum absolute atomic E-state index is 0. The van der Waals surface area contributed by atoms with Crippen LogP contribution in [0.1, 0.15) is 19.3 Å². The van der Waals surface area contributed by atoms with E-state index in [1.807, 2.05) is 24.3 Å². The van der Waals surface area contributed by atoms with E-state index >= 15 is 0 Å². The number of carbonyl (C=O) groups excluding carboxylic acids is 1. The van der Waals surface area contributed by atoms with Gasteiger partial charge < -0.3 is 14.8 Å². The monoisotopic (exact) mass is 340 g/mol. The lowest BCUT2D eigenvalue weighted by Gasteiger charge is -2.17. The van der Waals surface area contributed by atoms with E-state index in [0.29, 0.717) is 0 Å². The molecule has 0 bridgehead atoms. The number of rotatable bonds is 8. The zero-order chi connectivity index (χ0) is 15.4. The van der Waals surface area contributed by atoms with E-state index < -0.39 is 0 Å². The predicted molar refractivity (Wildman–Crippen MR) is 92.4 cm³/mol. The van der Waals surface area contributed by atoms with E-state index in [2.05, 4.69) is 10.2 Å². The average Bonchev–Trinajstić information content (AvgIpc) is 3.19. The van der Waals surface area contributed by atoms with Crippen molar-refractivity contribution in [3.63, 3.8) is 0 Å². The van der Waals surface area contributed by atoms with Gasteiger partial charge in [0.25, 0.3) is 0 Å². The van der Waals surface area contributed by atoms with Gasteiger partial charge in [-0.05, 0) is 56.0 Å².